The molecule has 0 heterocycles. The highest BCUT2D eigenvalue weighted by Gasteiger charge is 1.99. The van der Waals surface area contributed by atoms with Crippen LogP contribution in [0.5, 0.6) is 0 Å². The molecule has 0 radical (unpaired) electrons. The molecule has 106 valence electrons. The van der Waals surface area contributed by atoms with Gasteiger partial charge in [0.25, 0.3) is 0 Å². The van der Waals surface area contributed by atoms with Crippen molar-refractivity contribution >= 4 is 15.9 Å². The second-order valence-electron chi connectivity index (χ2n) is 4.27. The van der Waals surface area contributed by atoms with E-state index in [1.807, 2.05) is 42.5 Å². The highest BCUT2D eigenvalue weighted by Crippen LogP contribution is 2.00. The molecule has 0 spiro atoms. The van der Waals surface area contributed by atoms with E-state index in [1.165, 1.54) is 6.26 Å². The van der Waals surface area contributed by atoms with Gasteiger partial charge in [0.15, 0.2) is 0 Å². The average Bonchev–Trinajstić information content (AvgIpc) is 2.37. The third-order valence-electron chi connectivity index (χ3n) is 2.40. The maximum Gasteiger partial charge on any atom is 0.148 e. The number of benzene rings is 1. The van der Waals surface area contributed by atoms with Crippen LogP contribution in [0.4, 0.5) is 0 Å². The van der Waals surface area contributed by atoms with E-state index in [0.717, 1.165) is 5.56 Å². The van der Waals surface area contributed by atoms with Gasteiger partial charge in [-0.15, -0.1) is 0 Å². The normalized spacial score (nSPS) is 12.1. The van der Waals surface area contributed by atoms with Crippen molar-refractivity contribution in [1.82, 2.24) is 5.32 Å². The van der Waals surface area contributed by atoms with Crippen LogP contribution in [-0.4, -0.2) is 46.7 Å². The maximum absolute atomic E-state index is 10.9. The molecule has 0 aliphatic carbocycles. The summed E-state index contributed by atoms with van der Waals surface area (Å²) in [6, 6.07) is 10.0. The maximum atomic E-state index is 10.9. The molecule has 0 aliphatic heterocycles. The van der Waals surface area contributed by atoms with Crippen molar-refractivity contribution in [1.29, 1.82) is 0 Å². The number of nitrogens with one attached hydrogen (secondary N) is 1. The largest absolute Gasteiger partial charge is 0.376 e. The zero-order valence-corrected chi connectivity index (χ0v) is 12.0. The Morgan fingerprint density at radius 2 is 1.95 bits per heavy atom. The number of sulfone groups is 1. The minimum Gasteiger partial charge on any atom is -0.376 e. The van der Waals surface area contributed by atoms with E-state index in [-0.39, 0.29) is 5.75 Å². The van der Waals surface area contributed by atoms with Gasteiger partial charge in [0.2, 0.25) is 0 Å². The molecule has 0 amide bonds. The molecule has 1 rings (SSSR count). The lowest BCUT2D eigenvalue weighted by Gasteiger charge is -2.03. The molecule has 0 bridgehead atoms. The fraction of sp³-hybridized carbons (Fsp3) is 0.429. The van der Waals surface area contributed by atoms with E-state index in [2.05, 4.69) is 5.32 Å². The molecule has 1 aromatic carbocycles. The second kappa shape index (κ2) is 8.85. The first-order valence-electron chi connectivity index (χ1n) is 6.26. The molecule has 1 N–H and O–H groups in total. The molecule has 5 heteroatoms. The summed E-state index contributed by atoms with van der Waals surface area (Å²) in [5.74, 6) is 0.168. The predicted molar refractivity (Wildman–Crippen MR) is 78.9 cm³/mol. The van der Waals surface area contributed by atoms with Crippen molar-refractivity contribution in [2.75, 3.05) is 38.3 Å². The highest BCUT2D eigenvalue weighted by atomic mass is 32.2. The Morgan fingerprint density at radius 3 is 2.63 bits per heavy atom. The molecule has 0 unspecified atom stereocenters. The summed E-state index contributed by atoms with van der Waals surface area (Å²) in [6.45, 7) is 2.27. The van der Waals surface area contributed by atoms with Gasteiger partial charge in [0.1, 0.15) is 9.84 Å². The third-order valence-corrected chi connectivity index (χ3v) is 3.34. The summed E-state index contributed by atoms with van der Waals surface area (Å²) < 4.78 is 27.1. The third kappa shape index (κ3) is 9.41. The molecule has 19 heavy (non-hydrogen) atoms. The first-order valence-corrected chi connectivity index (χ1v) is 8.32. The lowest BCUT2D eigenvalue weighted by Crippen LogP contribution is -2.25. The summed E-state index contributed by atoms with van der Waals surface area (Å²) in [7, 11) is -2.87. The van der Waals surface area contributed by atoms with Crippen LogP contribution in [-0.2, 0) is 14.6 Å². The second-order valence-corrected chi connectivity index (χ2v) is 6.53. The van der Waals surface area contributed by atoms with Crippen LogP contribution in [0, 0.1) is 0 Å². The minimum atomic E-state index is -2.87. The van der Waals surface area contributed by atoms with Crippen molar-refractivity contribution < 1.29 is 13.2 Å². The Morgan fingerprint density at radius 1 is 1.21 bits per heavy atom. The van der Waals surface area contributed by atoms with Gasteiger partial charge < -0.3 is 10.1 Å². The van der Waals surface area contributed by atoms with Crippen molar-refractivity contribution in [3.63, 3.8) is 0 Å². The van der Waals surface area contributed by atoms with Gasteiger partial charge in [-0.25, -0.2) is 8.42 Å². The molecule has 0 atom stereocenters. The number of hydrogen-bond acceptors (Lipinski definition) is 4. The summed E-state index contributed by atoms with van der Waals surface area (Å²) in [4.78, 5) is 0. The molecule has 1 aromatic rings. The van der Waals surface area contributed by atoms with Gasteiger partial charge in [-0.1, -0.05) is 42.5 Å². The zero-order chi connectivity index (χ0) is 14.0. The van der Waals surface area contributed by atoms with E-state index in [4.69, 9.17) is 4.74 Å². The predicted octanol–water partition coefficient (Wildman–Crippen LogP) is 1.35. The number of hydrogen-bond donors (Lipinski definition) is 1. The summed E-state index contributed by atoms with van der Waals surface area (Å²) in [6.07, 6.45) is 5.21. The molecule has 0 saturated carbocycles. The first kappa shape index (κ1) is 15.9. The molecular formula is C14H21NO3S. The summed E-state index contributed by atoms with van der Waals surface area (Å²) in [5, 5.41) is 3.02. The van der Waals surface area contributed by atoms with Gasteiger partial charge in [0.05, 0.1) is 19.0 Å². The van der Waals surface area contributed by atoms with Crippen LogP contribution in [0.15, 0.2) is 36.4 Å². The van der Waals surface area contributed by atoms with Crippen LogP contribution >= 0.6 is 0 Å². The fourth-order valence-electron chi connectivity index (χ4n) is 1.43. The fourth-order valence-corrected chi connectivity index (χ4v) is 1.94. The molecule has 0 saturated heterocycles. The van der Waals surface area contributed by atoms with Gasteiger partial charge >= 0.3 is 0 Å². The lowest BCUT2D eigenvalue weighted by molar-refractivity contribution is 0.165. The van der Waals surface area contributed by atoms with E-state index in [0.29, 0.717) is 26.3 Å². The quantitative estimate of drug-likeness (QED) is 0.695. The van der Waals surface area contributed by atoms with Crippen molar-refractivity contribution in [3.8, 4) is 0 Å². The van der Waals surface area contributed by atoms with Crippen molar-refractivity contribution in [3.05, 3.63) is 42.0 Å². The summed E-state index contributed by atoms with van der Waals surface area (Å²) >= 11 is 0. The van der Waals surface area contributed by atoms with E-state index < -0.39 is 9.84 Å². The van der Waals surface area contributed by atoms with E-state index in [9.17, 15) is 8.42 Å². The smallest absolute Gasteiger partial charge is 0.148 e. The lowest BCUT2D eigenvalue weighted by atomic mass is 10.2. The van der Waals surface area contributed by atoms with Gasteiger partial charge in [-0.2, -0.15) is 0 Å². The van der Waals surface area contributed by atoms with Crippen LogP contribution in [0.2, 0.25) is 0 Å². The standard InChI is InChI=1S/C14H21NO3S/c1-19(16,17)13-10-15-9-12-18-11-5-8-14-6-3-2-4-7-14/h2-8,15H,9-13H2,1H3/b8-5+. The Labute approximate surface area is 115 Å². The molecular weight excluding hydrogens is 262 g/mol. The molecule has 0 aromatic heterocycles. The van der Waals surface area contributed by atoms with Crippen LogP contribution in [0.1, 0.15) is 5.56 Å². The average molecular weight is 283 g/mol. The van der Waals surface area contributed by atoms with Gasteiger partial charge in [-0.3, -0.25) is 0 Å². The topological polar surface area (TPSA) is 55.4 Å². The zero-order valence-electron chi connectivity index (χ0n) is 11.2. The van der Waals surface area contributed by atoms with Gasteiger partial charge in [0, 0.05) is 19.3 Å². The number of ether oxygens (including phenoxy) is 1. The van der Waals surface area contributed by atoms with E-state index >= 15 is 0 Å². The Hall–Kier alpha value is -1.17. The Bertz CT molecular complexity index is 469. The highest BCUT2D eigenvalue weighted by molar-refractivity contribution is 7.90. The molecule has 0 aliphatic rings. The number of rotatable bonds is 9. The minimum absolute atomic E-state index is 0.168. The van der Waals surface area contributed by atoms with Gasteiger partial charge in [-0.05, 0) is 5.56 Å². The van der Waals surface area contributed by atoms with Crippen LogP contribution < -0.4 is 5.32 Å². The van der Waals surface area contributed by atoms with E-state index in [1.54, 1.807) is 0 Å². The van der Waals surface area contributed by atoms with Crippen molar-refractivity contribution in [2.24, 2.45) is 0 Å². The SMILES string of the molecule is CS(=O)(=O)CCNCCOC/C=C/c1ccccc1. The molecule has 0 fully saturated rings. The van der Waals surface area contributed by atoms with Crippen molar-refractivity contribution in [2.45, 2.75) is 0 Å². The Kier molecular flexibility index (Phi) is 7.40. The monoisotopic (exact) mass is 283 g/mol. The first-order chi connectivity index (χ1) is 9.08. The Balaban J connectivity index is 1.98. The van der Waals surface area contributed by atoms with Crippen LogP contribution in [0.25, 0.3) is 6.08 Å². The molecule has 4 nitrogen and oxygen atoms in total. The van der Waals surface area contributed by atoms with Crippen LogP contribution in [0.3, 0.4) is 0 Å². The summed E-state index contributed by atoms with van der Waals surface area (Å²) in [5.41, 5.74) is 1.15.